The van der Waals surface area contributed by atoms with E-state index >= 15 is 0 Å². The zero-order valence-corrected chi connectivity index (χ0v) is 15.0. The first kappa shape index (κ1) is 18.1. The molecule has 1 fully saturated rings. The van der Waals surface area contributed by atoms with Crippen LogP contribution in [0.15, 0.2) is 42.6 Å². The van der Waals surface area contributed by atoms with E-state index in [2.05, 4.69) is 10.3 Å². The van der Waals surface area contributed by atoms with Crippen LogP contribution in [0.4, 0.5) is 10.6 Å². The molecule has 26 heavy (non-hydrogen) atoms. The standard InChI is InChI=1S/C18H19N3O4S/c1-21(16-14(22)3-2-8-19-16)9-10-25-13-6-4-12(5-7-13)11-15-17(23)20-18(24)26-15/h2-8,15,22H,9-11H2,1H3,(H,20,23,24). The van der Waals surface area contributed by atoms with Crippen molar-refractivity contribution < 1.29 is 19.4 Å². The van der Waals surface area contributed by atoms with Crippen molar-refractivity contribution in [1.82, 2.24) is 10.3 Å². The quantitative estimate of drug-likeness (QED) is 0.769. The van der Waals surface area contributed by atoms with Crippen LogP contribution in [-0.2, 0) is 11.2 Å². The van der Waals surface area contributed by atoms with Gasteiger partial charge in [-0.05, 0) is 36.2 Å². The minimum absolute atomic E-state index is 0.131. The first-order valence-corrected chi connectivity index (χ1v) is 8.99. The molecule has 136 valence electrons. The molecular formula is C18H19N3O4S. The van der Waals surface area contributed by atoms with Gasteiger partial charge in [-0.1, -0.05) is 23.9 Å². The van der Waals surface area contributed by atoms with Crippen LogP contribution in [0.1, 0.15) is 5.56 Å². The second-order valence-electron chi connectivity index (χ2n) is 5.85. The number of carbonyl (C=O) groups is 2. The molecule has 0 saturated carbocycles. The van der Waals surface area contributed by atoms with Gasteiger partial charge >= 0.3 is 0 Å². The van der Waals surface area contributed by atoms with E-state index in [9.17, 15) is 14.7 Å². The Labute approximate surface area is 155 Å². The molecule has 0 spiro atoms. The van der Waals surface area contributed by atoms with Crippen LogP contribution in [0, 0.1) is 0 Å². The summed E-state index contributed by atoms with van der Waals surface area (Å²) in [6, 6.07) is 10.7. The highest BCUT2D eigenvalue weighted by Crippen LogP contribution is 2.24. The first-order chi connectivity index (χ1) is 12.5. The summed E-state index contributed by atoms with van der Waals surface area (Å²) in [4.78, 5) is 28.7. The average Bonchev–Trinajstić information content (AvgIpc) is 2.94. The van der Waals surface area contributed by atoms with Crippen molar-refractivity contribution in [3.63, 3.8) is 0 Å². The molecule has 1 atom stereocenters. The highest BCUT2D eigenvalue weighted by atomic mass is 32.2. The number of aromatic hydroxyl groups is 1. The Balaban J connectivity index is 1.48. The Bertz CT molecular complexity index is 797. The number of nitrogens with one attached hydrogen (secondary N) is 1. The van der Waals surface area contributed by atoms with E-state index < -0.39 is 0 Å². The van der Waals surface area contributed by atoms with Gasteiger partial charge in [0, 0.05) is 13.2 Å². The molecule has 7 nitrogen and oxygen atoms in total. The Hall–Kier alpha value is -2.74. The lowest BCUT2D eigenvalue weighted by molar-refractivity contribution is -0.118. The van der Waals surface area contributed by atoms with E-state index in [-0.39, 0.29) is 22.1 Å². The predicted octanol–water partition coefficient (Wildman–Crippen LogP) is 2.20. The monoisotopic (exact) mass is 373 g/mol. The zero-order valence-electron chi connectivity index (χ0n) is 14.2. The van der Waals surface area contributed by atoms with E-state index in [0.29, 0.717) is 31.1 Å². The fraction of sp³-hybridized carbons (Fsp3) is 0.278. The van der Waals surface area contributed by atoms with Crippen molar-refractivity contribution in [3.8, 4) is 11.5 Å². The Morgan fingerprint density at radius 3 is 2.69 bits per heavy atom. The number of hydrogen-bond acceptors (Lipinski definition) is 7. The summed E-state index contributed by atoms with van der Waals surface area (Å²) in [7, 11) is 1.83. The van der Waals surface area contributed by atoms with Gasteiger partial charge in [-0.25, -0.2) is 4.98 Å². The maximum Gasteiger partial charge on any atom is 0.286 e. The molecule has 3 rings (SSSR count). The van der Waals surface area contributed by atoms with Gasteiger partial charge in [0.15, 0.2) is 11.6 Å². The van der Waals surface area contributed by atoms with Crippen LogP contribution in [0.2, 0.25) is 0 Å². The third kappa shape index (κ3) is 4.45. The molecule has 0 aliphatic carbocycles. The number of aromatic nitrogens is 1. The largest absolute Gasteiger partial charge is 0.504 e. The van der Waals surface area contributed by atoms with E-state index in [4.69, 9.17) is 4.74 Å². The summed E-state index contributed by atoms with van der Waals surface area (Å²) in [6.45, 7) is 0.995. The summed E-state index contributed by atoms with van der Waals surface area (Å²) in [5.41, 5.74) is 0.968. The fourth-order valence-corrected chi connectivity index (χ4v) is 3.41. The topological polar surface area (TPSA) is 91.8 Å². The zero-order chi connectivity index (χ0) is 18.5. The molecule has 1 aliphatic heterocycles. The number of likely N-dealkylation sites (N-methyl/N-ethyl adjacent to an activating group) is 1. The summed E-state index contributed by atoms with van der Waals surface area (Å²) in [6.07, 6.45) is 2.13. The van der Waals surface area contributed by atoms with E-state index in [0.717, 1.165) is 17.3 Å². The number of ether oxygens (including phenoxy) is 1. The SMILES string of the molecule is CN(CCOc1ccc(CC2SC(=O)NC2=O)cc1)c1ncccc1O. The van der Waals surface area contributed by atoms with Gasteiger partial charge in [-0.15, -0.1) is 0 Å². The van der Waals surface area contributed by atoms with Gasteiger partial charge in [-0.3, -0.25) is 14.9 Å². The number of anilines is 1. The number of hydrogen-bond donors (Lipinski definition) is 2. The maximum absolute atomic E-state index is 11.6. The molecular weight excluding hydrogens is 354 g/mol. The molecule has 1 aromatic heterocycles. The van der Waals surface area contributed by atoms with E-state index in [1.165, 1.54) is 0 Å². The fourth-order valence-electron chi connectivity index (χ4n) is 2.55. The predicted molar refractivity (Wildman–Crippen MR) is 99.7 cm³/mol. The summed E-state index contributed by atoms with van der Waals surface area (Å²) in [5, 5.41) is 11.4. The Morgan fingerprint density at radius 2 is 2.04 bits per heavy atom. The molecule has 2 aromatic rings. The Kier molecular flexibility index (Phi) is 5.62. The number of rotatable bonds is 7. The van der Waals surface area contributed by atoms with Crippen LogP contribution in [-0.4, -0.2) is 46.7 Å². The molecule has 2 heterocycles. The number of pyridine rings is 1. The van der Waals surface area contributed by atoms with E-state index in [1.807, 2.05) is 36.2 Å². The van der Waals surface area contributed by atoms with Crippen molar-refractivity contribution in [1.29, 1.82) is 0 Å². The molecule has 0 bridgehead atoms. The van der Waals surface area contributed by atoms with Gasteiger partial charge < -0.3 is 14.7 Å². The van der Waals surface area contributed by atoms with Crippen LogP contribution >= 0.6 is 11.8 Å². The van der Waals surface area contributed by atoms with Crippen molar-refractivity contribution in [2.24, 2.45) is 0 Å². The van der Waals surface area contributed by atoms with Gasteiger partial charge in [0.25, 0.3) is 5.24 Å². The molecule has 1 aromatic carbocycles. The minimum Gasteiger partial charge on any atom is -0.504 e. The van der Waals surface area contributed by atoms with Gasteiger partial charge in [0.05, 0.1) is 11.8 Å². The number of benzene rings is 1. The summed E-state index contributed by atoms with van der Waals surface area (Å²) >= 11 is 1.03. The van der Waals surface area contributed by atoms with Crippen LogP contribution in [0.25, 0.3) is 0 Å². The third-order valence-electron chi connectivity index (χ3n) is 3.93. The first-order valence-electron chi connectivity index (χ1n) is 8.11. The minimum atomic E-state index is -0.367. The highest BCUT2D eigenvalue weighted by Gasteiger charge is 2.31. The third-order valence-corrected chi connectivity index (χ3v) is 4.92. The second kappa shape index (κ2) is 8.09. The number of thioether (sulfide) groups is 1. The molecule has 1 unspecified atom stereocenters. The van der Waals surface area contributed by atoms with Crippen molar-refractivity contribution in [2.75, 3.05) is 25.1 Å². The number of imide groups is 1. The van der Waals surface area contributed by atoms with Gasteiger partial charge in [-0.2, -0.15) is 0 Å². The molecule has 2 N–H and O–H groups in total. The van der Waals surface area contributed by atoms with Crippen molar-refractivity contribution >= 4 is 28.7 Å². The Morgan fingerprint density at radius 1 is 1.27 bits per heavy atom. The molecule has 8 heteroatoms. The normalized spacial score (nSPS) is 16.4. The number of amides is 2. The van der Waals surface area contributed by atoms with E-state index in [1.54, 1.807) is 18.3 Å². The maximum atomic E-state index is 11.6. The highest BCUT2D eigenvalue weighted by molar-refractivity contribution is 8.15. The number of carbonyl (C=O) groups excluding carboxylic acids is 2. The van der Waals surface area contributed by atoms with Crippen LogP contribution in [0.3, 0.4) is 0 Å². The molecule has 1 aliphatic rings. The van der Waals surface area contributed by atoms with Gasteiger partial charge in [0.1, 0.15) is 12.4 Å². The number of nitrogens with zero attached hydrogens (tertiary/aromatic N) is 2. The lowest BCUT2D eigenvalue weighted by Crippen LogP contribution is -2.25. The van der Waals surface area contributed by atoms with Crippen molar-refractivity contribution in [3.05, 3.63) is 48.2 Å². The summed E-state index contributed by atoms with van der Waals surface area (Å²) in [5.74, 6) is 1.12. The molecule has 2 amide bonds. The van der Waals surface area contributed by atoms with Crippen LogP contribution in [0.5, 0.6) is 11.5 Å². The second-order valence-corrected chi connectivity index (χ2v) is 7.02. The van der Waals surface area contributed by atoms with Crippen LogP contribution < -0.4 is 15.0 Å². The lowest BCUT2D eigenvalue weighted by Gasteiger charge is -2.19. The smallest absolute Gasteiger partial charge is 0.286 e. The lowest BCUT2D eigenvalue weighted by atomic mass is 10.1. The molecule has 1 saturated heterocycles. The van der Waals surface area contributed by atoms with Gasteiger partial charge in [0.2, 0.25) is 5.91 Å². The summed E-state index contributed by atoms with van der Waals surface area (Å²) < 4.78 is 5.71. The molecule has 0 radical (unpaired) electrons. The van der Waals surface area contributed by atoms with Crippen molar-refractivity contribution in [2.45, 2.75) is 11.7 Å². The average molecular weight is 373 g/mol.